The first-order valence-electron chi connectivity index (χ1n) is 6.49. The van der Waals surface area contributed by atoms with Crippen LogP contribution in [0, 0.1) is 6.92 Å². The second-order valence-electron chi connectivity index (χ2n) is 4.48. The van der Waals surface area contributed by atoms with Gasteiger partial charge in [0.25, 0.3) is 0 Å². The van der Waals surface area contributed by atoms with E-state index in [4.69, 9.17) is 0 Å². The van der Waals surface area contributed by atoms with Gasteiger partial charge in [0.2, 0.25) is 0 Å². The molecule has 2 fully saturated rings. The second kappa shape index (κ2) is 4.99. The Kier molecular flexibility index (Phi) is 3.55. The van der Waals surface area contributed by atoms with Crippen molar-refractivity contribution >= 4 is 18.3 Å². The average molecular weight is 267 g/mol. The highest BCUT2D eigenvalue weighted by atomic mass is 16.2. The lowest BCUT2D eigenvalue weighted by molar-refractivity contribution is -0.109. The van der Waals surface area contributed by atoms with Crippen LogP contribution in [0.25, 0.3) is 0 Å². The Balaban J connectivity index is 2.41. The highest BCUT2D eigenvalue weighted by molar-refractivity contribution is 5.86. The van der Waals surface area contributed by atoms with Crippen molar-refractivity contribution in [1.29, 1.82) is 0 Å². The van der Waals surface area contributed by atoms with Crippen LogP contribution in [-0.2, 0) is 4.79 Å². The Hall–Kier alpha value is -1.92. The first-order chi connectivity index (χ1) is 9.12. The lowest BCUT2D eigenvalue weighted by Gasteiger charge is -2.26. The van der Waals surface area contributed by atoms with Crippen LogP contribution in [0.5, 0.6) is 0 Å². The molecule has 0 radical (unpaired) electrons. The maximum absolute atomic E-state index is 12.3. The van der Waals surface area contributed by atoms with E-state index in [1.54, 1.807) is 14.7 Å². The van der Waals surface area contributed by atoms with Crippen molar-refractivity contribution < 1.29 is 14.4 Å². The van der Waals surface area contributed by atoms with Crippen molar-refractivity contribution in [1.82, 2.24) is 19.6 Å². The molecule has 0 saturated carbocycles. The standard InChI is InChI=1S/C12H19N4O3/c1-4-13-9-10(15(6-3)11(13)18)16(7-8-17)12(19)14(9)5-2/h8-10H,1,4-7H2,2-3H3/q+1. The van der Waals surface area contributed by atoms with Crippen LogP contribution in [0.3, 0.4) is 0 Å². The van der Waals surface area contributed by atoms with E-state index in [-0.39, 0.29) is 24.8 Å². The summed E-state index contributed by atoms with van der Waals surface area (Å²) in [4.78, 5) is 41.6. The quantitative estimate of drug-likeness (QED) is 0.527. The Bertz CT molecular complexity index is 398. The van der Waals surface area contributed by atoms with Crippen LogP contribution in [0.2, 0.25) is 0 Å². The molecule has 7 heteroatoms. The number of amides is 4. The van der Waals surface area contributed by atoms with Gasteiger partial charge in [0, 0.05) is 13.1 Å². The van der Waals surface area contributed by atoms with Gasteiger partial charge in [-0.05, 0) is 13.8 Å². The molecular formula is C12H19N4O3+. The van der Waals surface area contributed by atoms with Crippen LogP contribution in [0.1, 0.15) is 13.8 Å². The third kappa shape index (κ3) is 1.72. The minimum absolute atomic E-state index is 0.00522. The van der Waals surface area contributed by atoms with Crippen LogP contribution >= 0.6 is 0 Å². The van der Waals surface area contributed by atoms with E-state index in [0.29, 0.717) is 25.9 Å². The predicted molar refractivity (Wildman–Crippen MR) is 68.0 cm³/mol. The van der Waals surface area contributed by atoms with Gasteiger partial charge in [-0.15, -0.1) is 0 Å². The van der Waals surface area contributed by atoms with E-state index >= 15 is 0 Å². The van der Waals surface area contributed by atoms with E-state index in [2.05, 4.69) is 6.92 Å². The van der Waals surface area contributed by atoms with Gasteiger partial charge in [-0.2, -0.15) is 0 Å². The van der Waals surface area contributed by atoms with Gasteiger partial charge in [-0.1, -0.05) is 0 Å². The first kappa shape index (κ1) is 13.5. The lowest BCUT2D eigenvalue weighted by atomic mass is 10.3. The van der Waals surface area contributed by atoms with E-state index in [0.717, 1.165) is 0 Å². The number of urea groups is 2. The molecule has 2 rings (SSSR count). The average Bonchev–Trinajstić information content (AvgIpc) is 2.82. The number of rotatable bonds is 5. The third-order valence-electron chi connectivity index (χ3n) is 3.72. The fourth-order valence-electron chi connectivity index (χ4n) is 2.90. The van der Waals surface area contributed by atoms with Crippen molar-refractivity contribution in [2.45, 2.75) is 26.2 Å². The number of aldehydes is 1. The molecule has 0 N–H and O–H groups in total. The highest BCUT2D eigenvalue weighted by Gasteiger charge is 2.58. The number of nitrogens with zero attached hydrogens (tertiary/aromatic N) is 4. The molecule has 2 unspecified atom stereocenters. The van der Waals surface area contributed by atoms with Crippen LogP contribution in [0.4, 0.5) is 9.59 Å². The number of fused-ring (bicyclic) bond motifs is 1. The van der Waals surface area contributed by atoms with Crippen LogP contribution < -0.4 is 0 Å². The number of carbonyl (C=O) groups excluding carboxylic acids is 3. The summed E-state index contributed by atoms with van der Waals surface area (Å²) in [6.45, 7) is 8.79. The summed E-state index contributed by atoms with van der Waals surface area (Å²) >= 11 is 0. The predicted octanol–water partition coefficient (Wildman–Crippen LogP) is 0.187. The molecule has 2 atom stereocenters. The van der Waals surface area contributed by atoms with Gasteiger partial charge in [-0.3, -0.25) is 9.80 Å². The Labute approximate surface area is 112 Å². The summed E-state index contributed by atoms with van der Waals surface area (Å²) in [5.74, 6) is 0. The molecule has 0 aromatic heterocycles. The Morgan fingerprint density at radius 1 is 1.00 bits per heavy atom. The number of likely N-dealkylation sites (N-methyl/N-ethyl adjacent to an activating group) is 2. The Morgan fingerprint density at radius 3 is 1.89 bits per heavy atom. The topological polar surface area (TPSA) is 64.2 Å². The first-order valence-corrected chi connectivity index (χ1v) is 6.49. The molecule has 104 valence electrons. The zero-order valence-electron chi connectivity index (χ0n) is 11.3. The summed E-state index contributed by atoms with van der Waals surface area (Å²) in [5, 5.41) is 0. The van der Waals surface area contributed by atoms with Crippen molar-refractivity contribution in [3.05, 3.63) is 6.92 Å². The van der Waals surface area contributed by atoms with Gasteiger partial charge in [0.15, 0.2) is 12.7 Å². The summed E-state index contributed by atoms with van der Waals surface area (Å²) < 4.78 is 0. The monoisotopic (exact) mass is 267 g/mol. The summed E-state index contributed by atoms with van der Waals surface area (Å²) in [6.07, 6.45) is -0.0430. The largest absolute Gasteiger partial charge is 0.326 e. The molecule has 0 aromatic rings. The summed E-state index contributed by atoms with van der Waals surface area (Å²) in [6, 6.07) is -0.330. The highest BCUT2D eigenvalue weighted by Crippen LogP contribution is 2.34. The molecule has 2 aliphatic rings. The van der Waals surface area contributed by atoms with Gasteiger partial charge in [0.1, 0.15) is 12.5 Å². The van der Waals surface area contributed by atoms with Gasteiger partial charge in [-0.25, -0.2) is 9.59 Å². The molecule has 0 aromatic carbocycles. The zero-order valence-corrected chi connectivity index (χ0v) is 11.3. The van der Waals surface area contributed by atoms with Crippen LogP contribution in [-0.4, -0.2) is 76.5 Å². The molecule has 4 amide bonds. The smallest absolute Gasteiger partial charge is 0.301 e. The maximum atomic E-state index is 12.3. The number of hydrogen-bond donors (Lipinski definition) is 0. The lowest BCUT2D eigenvalue weighted by Crippen LogP contribution is -2.47. The number of carbonyl (C=O) groups is 3. The molecule has 2 heterocycles. The van der Waals surface area contributed by atoms with E-state index in [1.807, 2.05) is 13.8 Å². The Morgan fingerprint density at radius 2 is 1.47 bits per heavy atom. The number of hydrogen-bond acceptors (Lipinski definition) is 3. The molecule has 2 aliphatic heterocycles. The van der Waals surface area contributed by atoms with Crippen molar-refractivity contribution in [3.8, 4) is 0 Å². The fraction of sp³-hybridized carbons (Fsp3) is 0.667. The van der Waals surface area contributed by atoms with Gasteiger partial charge >= 0.3 is 12.1 Å². The van der Waals surface area contributed by atoms with Crippen molar-refractivity contribution in [2.75, 3.05) is 26.2 Å². The van der Waals surface area contributed by atoms with Gasteiger partial charge < -0.3 is 14.6 Å². The van der Waals surface area contributed by atoms with E-state index < -0.39 is 6.17 Å². The molecular weight excluding hydrogens is 248 g/mol. The van der Waals surface area contributed by atoms with Crippen LogP contribution in [0.15, 0.2) is 0 Å². The zero-order chi connectivity index (χ0) is 14.2. The van der Waals surface area contributed by atoms with Crippen molar-refractivity contribution in [3.63, 3.8) is 0 Å². The molecule has 0 aliphatic carbocycles. The minimum atomic E-state index is -0.392. The molecule has 19 heavy (non-hydrogen) atoms. The summed E-state index contributed by atoms with van der Waals surface area (Å²) in [5.41, 5.74) is 0. The SMILES string of the molecule is [CH2+]CN1C(=O)N(CC)C2C1N(CC)C(=O)N2CC=O. The molecule has 2 saturated heterocycles. The minimum Gasteiger partial charge on any atom is -0.301 e. The second-order valence-corrected chi connectivity index (χ2v) is 4.48. The normalized spacial score (nSPS) is 26.4. The van der Waals surface area contributed by atoms with Crippen molar-refractivity contribution in [2.24, 2.45) is 0 Å². The summed E-state index contributed by atoms with van der Waals surface area (Å²) in [7, 11) is 0. The third-order valence-corrected chi connectivity index (χ3v) is 3.72. The molecule has 0 spiro atoms. The van der Waals surface area contributed by atoms with E-state index in [1.165, 1.54) is 4.90 Å². The molecule has 0 bridgehead atoms. The fourth-order valence-corrected chi connectivity index (χ4v) is 2.90. The molecule has 7 nitrogen and oxygen atoms in total. The van der Waals surface area contributed by atoms with E-state index in [9.17, 15) is 14.4 Å². The van der Waals surface area contributed by atoms with Gasteiger partial charge in [0.05, 0.1) is 13.5 Å². The maximum Gasteiger partial charge on any atom is 0.326 e.